The number of nitrogens with one attached hydrogen (secondary N) is 5. The average molecular weight is 990 g/mol. The van der Waals surface area contributed by atoms with Crippen molar-refractivity contribution in [1.82, 2.24) is 36.4 Å². The van der Waals surface area contributed by atoms with Crippen LogP contribution in [-0.4, -0.2) is 128 Å². The fourth-order valence-electron chi connectivity index (χ4n) is 12.5. The molecule has 4 fully saturated rings. The Bertz CT molecular complexity index is 2150. The van der Waals surface area contributed by atoms with E-state index in [0.29, 0.717) is 45.2 Å². The number of ketones is 1. The quantitative estimate of drug-likeness (QED) is 0.120. The van der Waals surface area contributed by atoms with E-state index in [9.17, 15) is 28.8 Å². The third-order valence-corrected chi connectivity index (χ3v) is 16.9. The van der Waals surface area contributed by atoms with Gasteiger partial charge in [-0.3, -0.25) is 28.8 Å². The first kappa shape index (κ1) is 53.2. The van der Waals surface area contributed by atoms with Crippen molar-refractivity contribution in [2.75, 3.05) is 40.4 Å². The van der Waals surface area contributed by atoms with Gasteiger partial charge in [-0.05, 0) is 113 Å². The molecule has 6 aliphatic rings. The van der Waals surface area contributed by atoms with E-state index in [1.807, 2.05) is 49.4 Å². The summed E-state index contributed by atoms with van der Waals surface area (Å²) in [6, 6.07) is 12.4. The first-order valence-electron chi connectivity index (χ1n) is 27.2. The highest BCUT2D eigenvalue weighted by Crippen LogP contribution is 2.38. The van der Waals surface area contributed by atoms with Crippen LogP contribution in [0.5, 0.6) is 0 Å². The van der Waals surface area contributed by atoms with Gasteiger partial charge in [0.05, 0.1) is 36.4 Å². The second-order valence-electron chi connectivity index (χ2n) is 21.3. The van der Waals surface area contributed by atoms with Crippen molar-refractivity contribution in [3.8, 4) is 11.8 Å². The maximum absolute atomic E-state index is 14.4. The van der Waals surface area contributed by atoms with Crippen molar-refractivity contribution >= 4 is 35.3 Å². The molecule has 2 heterocycles. The molecule has 2 unspecified atom stereocenters. The van der Waals surface area contributed by atoms with Crippen LogP contribution in [0.1, 0.15) is 144 Å². The molecule has 5 N–H and O–H groups in total. The molecule has 2 aliphatic heterocycles. The number of Topliss-reactive ketones (excluding diaryl/α,β-unsaturated/α-hetero) is 1. The maximum atomic E-state index is 14.4. The van der Waals surface area contributed by atoms with Gasteiger partial charge < -0.3 is 45.9 Å². The number of rotatable bonds is 19. The maximum Gasteiger partial charge on any atom is 0.246 e. The summed E-state index contributed by atoms with van der Waals surface area (Å²) in [7, 11) is 3.48. The zero-order valence-corrected chi connectivity index (χ0v) is 43.1. The van der Waals surface area contributed by atoms with Crippen LogP contribution in [0.4, 0.5) is 0 Å². The van der Waals surface area contributed by atoms with Crippen LogP contribution >= 0.6 is 0 Å². The van der Waals surface area contributed by atoms with E-state index in [1.165, 1.54) is 0 Å². The number of nitrogens with zero attached hydrogens (tertiary/aromatic N) is 2. The van der Waals surface area contributed by atoms with Gasteiger partial charge in [-0.1, -0.05) is 98.9 Å². The van der Waals surface area contributed by atoms with E-state index in [2.05, 4.69) is 44.5 Å². The van der Waals surface area contributed by atoms with Crippen molar-refractivity contribution in [1.29, 1.82) is 0 Å². The smallest absolute Gasteiger partial charge is 0.246 e. The first-order chi connectivity index (χ1) is 35.0. The first-order valence-corrected chi connectivity index (χ1v) is 27.2. The molecule has 0 bridgehead atoms. The van der Waals surface area contributed by atoms with Crippen LogP contribution in [0.3, 0.4) is 0 Å². The Labute approximate surface area is 426 Å². The minimum atomic E-state index is -0.678. The van der Waals surface area contributed by atoms with Crippen LogP contribution in [0.2, 0.25) is 0 Å². The van der Waals surface area contributed by atoms with Crippen LogP contribution in [0, 0.1) is 29.6 Å². The molecule has 8 rings (SSSR count). The lowest BCUT2D eigenvalue weighted by Gasteiger charge is -2.35. The van der Waals surface area contributed by atoms with Gasteiger partial charge in [0.25, 0.3) is 0 Å². The highest BCUT2D eigenvalue weighted by Gasteiger charge is 2.45. The second kappa shape index (κ2) is 25.2. The highest BCUT2D eigenvalue weighted by molar-refractivity contribution is 5.94. The van der Waals surface area contributed by atoms with Gasteiger partial charge in [0.2, 0.25) is 29.5 Å². The van der Waals surface area contributed by atoms with Crippen LogP contribution in [0.25, 0.3) is 0 Å². The van der Waals surface area contributed by atoms with Crippen LogP contribution in [0.15, 0.2) is 48.5 Å². The molecule has 15 nitrogen and oxygen atoms in total. The molecule has 2 aromatic rings. The lowest BCUT2D eigenvalue weighted by atomic mass is 9.76. The Morgan fingerprint density at radius 1 is 0.597 bits per heavy atom. The summed E-state index contributed by atoms with van der Waals surface area (Å²) >= 11 is 0. The second-order valence-corrected chi connectivity index (χ2v) is 21.3. The number of carbonyl (C=O) groups excluding carboxylic acids is 6. The number of hydrogen-bond donors (Lipinski definition) is 5. The van der Waals surface area contributed by atoms with Crippen molar-refractivity contribution in [3.63, 3.8) is 0 Å². The number of amides is 5. The van der Waals surface area contributed by atoms with Gasteiger partial charge in [0.1, 0.15) is 37.1 Å². The minimum absolute atomic E-state index is 0.0273. The number of fused-ring (bicyclic) bond motifs is 2. The Morgan fingerprint density at radius 2 is 1.07 bits per heavy atom. The molecule has 0 spiro atoms. The van der Waals surface area contributed by atoms with Gasteiger partial charge in [0.15, 0.2) is 0 Å². The number of carbonyl (C=O) groups is 6. The Morgan fingerprint density at radius 3 is 1.57 bits per heavy atom. The van der Waals surface area contributed by atoms with Crippen molar-refractivity contribution in [2.45, 2.75) is 178 Å². The van der Waals surface area contributed by atoms with Crippen molar-refractivity contribution in [3.05, 3.63) is 70.8 Å². The van der Waals surface area contributed by atoms with Gasteiger partial charge in [-0.15, -0.1) is 0 Å². The number of ether oxygens (including phenoxy) is 2. The SMILES string of the molecule is CN[C@@H](C)C(=O)CC(C(=O)N1CCC[C@H]1C(=O)N[C@H]1c2ccccc2C[C@H]1OCC#CCO[C@@H]1Cc2ccccc2[C@@H]1NC(=O)[C@@H]1CCCN1C(=O)C(NC(=O)[C@H](C)NC)C1CCCCC1)C1CCCCC1. The Balaban J connectivity index is 0.877. The molecule has 10 atom stereocenters. The van der Waals surface area contributed by atoms with E-state index >= 15 is 0 Å². The monoisotopic (exact) mass is 990 g/mol. The third kappa shape index (κ3) is 12.4. The van der Waals surface area contributed by atoms with E-state index < -0.39 is 42.2 Å². The predicted molar refractivity (Wildman–Crippen MR) is 274 cm³/mol. The summed E-state index contributed by atoms with van der Waals surface area (Å²) in [5.41, 5.74) is 4.14. The van der Waals surface area contributed by atoms with Crippen LogP contribution < -0.4 is 26.6 Å². The molecule has 390 valence electrons. The molecule has 0 aromatic heterocycles. The number of likely N-dealkylation sites (tertiary alicyclic amines) is 2. The molecular weight excluding hydrogens is 911 g/mol. The molecule has 5 amide bonds. The van der Waals surface area contributed by atoms with E-state index in [0.717, 1.165) is 92.9 Å². The predicted octanol–water partition coefficient (Wildman–Crippen LogP) is 5.01. The molecule has 4 aliphatic carbocycles. The highest BCUT2D eigenvalue weighted by atomic mass is 16.5. The lowest BCUT2D eigenvalue weighted by molar-refractivity contribution is -0.145. The number of hydrogen-bond acceptors (Lipinski definition) is 10. The zero-order valence-electron chi connectivity index (χ0n) is 43.1. The van der Waals surface area contributed by atoms with Gasteiger partial charge in [-0.2, -0.15) is 0 Å². The largest absolute Gasteiger partial charge is 0.363 e. The Kier molecular flexibility index (Phi) is 18.6. The number of likely N-dealkylation sites (N-methyl/N-ethyl adjacent to an activating group) is 2. The summed E-state index contributed by atoms with van der Waals surface area (Å²) in [4.78, 5) is 87.1. The average Bonchev–Trinajstić information content (AvgIpc) is 4.24. The fraction of sp³-hybridized carbons (Fsp3) is 0.649. The Hall–Kier alpha value is -5.14. The minimum Gasteiger partial charge on any atom is -0.363 e. The van der Waals surface area contributed by atoms with Gasteiger partial charge in [-0.25, -0.2) is 0 Å². The lowest BCUT2D eigenvalue weighted by Crippen LogP contribution is -2.58. The summed E-state index contributed by atoms with van der Waals surface area (Å²) in [6.07, 6.45) is 13.1. The van der Waals surface area contributed by atoms with Gasteiger partial charge in [0, 0.05) is 38.3 Å². The molecule has 72 heavy (non-hydrogen) atoms. The third-order valence-electron chi connectivity index (χ3n) is 16.9. The molecule has 2 saturated carbocycles. The van der Waals surface area contributed by atoms with Crippen molar-refractivity contribution < 1.29 is 38.2 Å². The molecule has 2 saturated heterocycles. The topological polar surface area (TPSA) is 188 Å². The number of benzene rings is 2. The zero-order chi connectivity index (χ0) is 50.7. The van der Waals surface area contributed by atoms with E-state index in [-0.39, 0.29) is 85.0 Å². The van der Waals surface area contributed by atoms with E-state index in [4.69, 9.17) is 9.47 Å². The fourth-order valence-corrected chi connectivity index (χ4v) is 12.5. The summed E-state index contributed by atoms with van der Waals surface area (Å²) in [5.74, 6) is 5.11. The van der Waals surface area contributed by atoms with Gasteiger partial charge >= 0.3 is 0 Å². The molecule has 15 heteroatoms. The summed E-state index contributed by atoms with van der Waals surface area (Å²) < 4.78 is 12.8. The molecular formula is C57H79N7O8. The standard InChI is InChI=1S/C57H79N7O8/c1-36(58-3)47(65)35-44(38-19-7-5-8-20-38)56(69)63-29-17-27-45(63)54(67)61-51-42-25-13-11-23-40(42)33-48(51)71-31-15-16-32-72-49-34-41-24-12-14-26-43(41)52(49)62-55(68)46-28-18-30-64(46)57(70)50(39-21-9-6-10-22-39)60-53(66)37(2)59-4/h11-14,23-26,36-39,44-46,48-52,58-59H,5-10,17-22,27-35H2,1-4H3,(H,60,66)(H,61,67)(H,62,68)/t36-,37-,44?,45-,46-,48+,49+,50?,51-,52-/m0/s1. The van der Waals surface area contributed by atoms with Crippen molar-refractivity contribution in [2.24, 2.45) is 17.8 Å². The molecule has 2 aromatic carbocycles. The summed E-state index contributed by atoms with van der Waals surface area (Å²) in [6.45, 7) is 4.78. The molecule has 0 radical (unpaired) electrons. The van der Waals surface area contributed by atoms with E-state index in [1.54, 1.807) is 30.8 Å². The summed E-state index contributed by atoms with van der Waals surface area (Å²) in [5, 5.41) is 15.7. The van der Waals surface area contributed by atoms with Crippen LogP contribution in [-0.2, 0) is 51.1 Å². The normalized spacial score (nSPS) is 25.8.